The molecule has 1 fully saturated rings. The third-order valence-corrected chi connectivity index (χ3v) is 6.01. The lowest BCUT2D eigenvalue weighted by Gasteiger charge is -2.21. The van der Waals surface area contributed by atoms with Gasteiger partial charge in [-0.3, -0.25) is 14.7 Å². The van der Waals surface area contributed by atoms with Gasteiger partial charge in [0.15, 0.2) is 5.82 Å². The van der Waals surface area contributed by atoms with Crippen molar-refractivity contribution < 1.29 is 4.79 Å². The van der Waals surface area contributed by atoms with E-state index in [0.717, 1.165) is 66.6 Å². The average Bonchev–Trinajstić information content (AvgIpc) is 3.55. The molecule has 7 nitrogen and oxygen atoms in total. The summed E-state index contributed by atoms with van der Waals surface area (Å²) in [5, 5.41) is 14.3. The second-order valence-electron chi connectivity index (χ2n) is 8.31. The number of tetrazole rings is 1. The van der Waals surface area contributed by atoms with Crippen molar-refractivity contribution in [3.8, 4) is 22.5 Å². The fourth-order valence-corrected chi connectivity index (χ4v) is 4.25. The van der Waals surface area contributed by atoms with Crippen LogP contribution in [0.3, 0.4) is 0 Å². The first-order valence-corrected chi connectivity index (χ1v) is 11.5. The van der Waals surface area contributed by atoms with E-state index in [9.17, 15) is 4.79 Å². The Morgan fingerprint density at radius 1 is 1.12 bits per heavy atom. The van der Waals surface area contributed by atoms with E-state index in [1.165, 1.54) is 12.8 Å². The highest BCUT2D eigenvalue weighted by molar-refractivity contribution is 5.90. The molecular weight excluding hydrogens is 400 g/mol. The SMILES string of the molecule is CCCC/C(=N/C1CCCC1)N(C=O)Cc1ccc(-c2ccccc2-c2nnn[nH]2)cc1. The zero-order chi connectivity index (χ0) is 22.2. The van der Waals surface area contributed by atoms with Crippen LogP contribution in [0, 0.1) is 0 Å². The van der Waals surface area contributed by atoms with E-state index in [1.54, 1.807) is 4.90 Å². The second-order valence-corrected chi connectivity index (χ2v) is 8.31. The molecule has 0 spiro atoms. The van der Waals surface area contributed by atoms with E-state index >= 15 is 0 Å². The third-order valence-electron chi connectivity index (χ3n) is 6.01. The molecule has 1 heterocycles. The summed E-state index contributed by atoms with van der Waals surface area (Å²) in [5.74, 6) is 1.57. The number of amides is 1. The number of benzene rings is 2. The van der Waals surface area contributed by atoms with Crippen LogP contribution in [0.2, 0.25) is 0 Å². The van der Waals surface area contributed by atoms with Gasteiger partial charge in [-0.1, -0.05) is 74.7 Å². The van der Waals surface area contributed by atoms with Gasteiger partial charge in [-0.2, -0.15) is 0 Å². The molecule has 1 N–H and O–H groups in total. The van der Waals surface area contributed by atoms with Crippen molar-refractivity contribution in [1.29, 1.82) is 0 Å². The topological polar surface area (TPSA) is 87.1 Å². The monoisotopic (exact) mass is 430 g/mol. The van der Waals surface area contributed by atoms with E-state index < -0.39 is 0 Å². The number of unbranched alkanes of at least 4 members (excludes halogenated alkanes) is 1. The predicted octanol–water partition coefficient (Wildman–Crippen LogP) is 5.02. The van der Waals surface area contributed by atoms with Crippen LogP contribution in [0.4, 0.5) is 0 Å². The van der Waals surface area contributed by atoms with Gasteiger partial charge in [0.05, 0.1) is 12.6 Å². The highest BCUT2D eigenvalue weighted by atomic mass is 16.1. The summed E-state index contributed by atoms with van der Waals surface area (Å²) in [6, 6.07) is 16.7. The van der Waals surface area contributed by atoms with Gasteiger partial charge in [0.25, 0.3) is 0 Å². The zero-order valence-corrected chi connectivity index (χ0v) is 18.6. The van der Waals surface area contributed by atoms with Crippen molar-refractivity contribution in [3.63, 3.8) is 0 Å². The van der Waals surface area contributed by atoms with Crippen molar-refractivity contribution in [1.82, 2.24) is 25.5 Å². The second kappa shape index (κ2) is 10.8. The minimum absolute atomic E-state index is 0.369. The summed E-state index contributed by atoms with van der Waals surface area (Å²) in [7, 11) is 0. The molecule has 0 bridgehead atoms. The average molecular weight is 431 g/mol. The van der Waals surface area contributed by atoms with E-state index in [4.69, 9.17) is 4.99 Å². The Morgan fingerprint density at radius 2 is 1.88 bits per heavy atom. The van der Waals surface area contributed by atoms with Crippen molar-refractivity contribution in [3.05, 3.63) is 54.1 Å². The number of H-pyrrole nitrogens is 1. The van der Waals surface area contributed by atoms with Crippen LogP contribution in [-0.2, 0) is 11.3 Å². The summed E-state index contributed by atoms with van der Waals surface area (Å²) in [5.41, 5.74) is 4.15. The lowest BCUT2D eigenvalue weighted by atomic mass is 9.98. The molecule has 4 rings (SSSR count). The maximum atomic E-state index is 12.0. The first kappa shape index (κ1) is 21.9. The number of carbonyl (C=O) groups excluding carboxylic acids is 1. The number of hydrogen-bond acceptors (Lipinski definition) is 5. The normalized spacial score (nSPS) is 14.6. The van der Waals surface area contributed by atoms with Gasteiger partial charge in [-0.15, -0.1) is 5.10 Å². The molecular formula is C25H30N6O. The van der Waals surface area contributed by atoms with Gasteiger partial charge in [0.1, 0.15) is 5.84 Å². The molecule has 7 heteroatoms. The Labute approximate surface area is 189 Å². The Kier molecular flexibility index (Phi) is 7.38. The van der Waals surface area contributed by atoms with Crippen LogP contribution in [0.15, 0.2) is 53.5 Å². The Bertz CT molecular complexity index is 1020. The Hall–Kier alpha value is -3.35. The molecule has 0 saturated heterocycles. The molecule has 0 atom stereocenters. The van der Waals surface area contributed by atoms with E-state index in [0.29, 0.717) is 18.4 Å². The fourth-order valence-electron chi connectivity index (χ4n) is 4.25. The molecule has 1 aliphatic rings. The number of nitrogens with one attached hydrogen (secondary N) is 1. The molecule has 0 unspecified atom stereocenters. The van der Waals surface area contributed by atoms with E-state index in [-0.39, 0.29) is 0 Å². The smallest absolute Gasteiger partial charge is 0.215 e. The molecule has 32 heavy (non-hydrogen) atoms. The molecule has 3 aromatic rings. The van der Waals surface area contributed by atoms with Gasteiger partial charge in [0.2, 0.25) is 6.41 Å². The van der Waals surface area contributed by atoms with Crippen LogP contribution in [0.25, 0.3) is 22.5 Å². The molecule has 1 aliphatic carbocycles. The number of amidine groups is 1. The first-order valence-electron chi connectivity index (χ1n) is 11.5. The zero-order valence-electron chi connectivity index (χ0n) is 18.6. The van der Waals surface area contributed by atoms with Gasteiger partial charge in [0, 0.05) is 12.0 Å². The number of aliphatic imine (C=N–C) groups is 1. The Balaban J connectivity index is 1.53. The van der Waals surface area contributed by atoms with Crippen molar-refractivity contribution in [2.75, 3.05) is 0 Å². The number of hydrogen-bond donors (Lipinski definition) is 1. The number of aromatic amines is 1. The van der Waals surface area contributed by atoms with Gasteiger partial charge in [-0.25, -0.2) is 5.10 Å². The van der Waals surface area contributed by atoms with Crippen LogP contribution in [-0.4, -0.2) is 43.8 Å². The van der Waals surface area contributed by atoms with Crippen LogP contribution < -0.4 is 0 Å². The molecule has 166 valence electrons. The molecule has 0 aliphatic heterocycles. The maximum absolute atomic E-state index is 12.0. The summed E-state index contributed by atoms with van der Waals surface area (Å²) >= 11 is 0. The van der Waals surface area contributed by atoms with Crippen molar-refractivity contribution >= 4 is 12.2 Å². The quantitative estimate of drug-likeness (QED) is 0.293. The summed E-state index contributed by atoms with van der Waals surface area (Å²) in [6.07, 6.45) is 8.67. The first-order chi connectivity index (χ1) is 15.8. The number of aromatic nitrogens is 4. The molecule has 1 amide bonds. The molecule has 1 aromatic heterocycles. The number of nitrogens with zero attached hydrogens (tertiary/aromatic N) is 5. The molecule has 1 saturated carbocycles. The highest BCUT2D eigenvalue weighted by Crippen LogP contribution is 2.30. The van der Waals surface area contributed by atoms with Crippen LogP contribution >= 0.6 is 0 Å². The van der Waals surface area contributed by atoms with Crippen LogP contribution in [0.1, 0.15) is 57.4 Å². The standard InChI is InChI=1S/C25H30N6O/c1-2-3-12-24(26-21-8-4-5-9-21)31(18-32)17-19-13-15-20(16-14-19)22-10-6-7-11-23(22)25-27-29-30-28-25/h6-7,10-11,13-16,18,21H,2-5,8-9,12,17H2,1H3,(H,27,28,29,30)/b26-24-. The molecule has 2 aromatic carbocycles. The van der Waals surface area contributed by atoms with E-state index in [2.05, 4.69) is 57.9 Å². The minimum Gasteiger partial charge on any atom is -0.299 e. The lowest BCUT2D eigenvalue weighted by molar-refractivity contribution is -0.115. The minimum atomic E-state index is 0.369. The third kappa shape index (κ3) is 5.28. The summed E-state index contributed by atoms with van der Waals surface area (Å²) in [4.78, 5) is 18.7. The fraction of sp³-hybridized carbons (Fsp3) is 0.400. The van der Waals surface area contributed by atoms with Crippen molar-refractivity contribution in [2.24, 2.45) is 4.99 Å². The predicted molar refractivity (Wildman–Crippen MR) is 126 cm³/mol. The lowest BCUT2D eigenvalue weighted by Crippen LogP contribution is -2.30. The van der Waals surface area contributed by atoms with Gasteiger partial charge in [-0.05, 0) is 46.4 Å². The number of rotatable bonds is 9. The largest absolute Gasteiger partial charge is 0.299 e. The van der Waals surface area contributed by atoms with Crippen molar-refractivity contribution in [2.45, 2.75) is 64.5 Å². The summed E-state index contributed by atoms with van der Waals surface area (Å²) < 4.78 is 0. The van der Waals surface area contributed by atoms with Gasteiger partial charge >= 0.3 is 0 Å². The van der Waals surface area contributed by atoms with E-state index in [1.807, 2.05) is 18.2 Å². The van der Waals surface area contributed by atoms with Gasteiger partial charge < -0.3 is 0 Å². The maximum Gasteiger partial charge on any atom is 0.215 e. The number of carbonyl (C=O) groups is 1. The molecule has 0 radical (unpaired) electrons. The highest BCUT2D eigenvalue weighted by Gasteiger charge is 2.18. The summed E-state index contributed by atoms with van der Waals surface area (Å²) in [6.45, 7) is 2.70. The van der Waals surface area contributed by atoms with Crippen LogP contribution in [0.5, 0.6) is 0 Å². The Morgan fingerprint density at radius 3 is 2.53 bits per heavy atom.